The van der Waals surface area contributed by atoms with Crippen LogP contribution >= 0.6 is 0 Å². The van der Waals surface area contributed by atoms with Crippen molar-refractivity contribution in [1.82, 2.24) is 10.6 Å². The van der Waals surface area contributed by atoms with Crippen LogP contribution in [-0.2, 0) is 0 Å². The number of rotatable bonds is 8. The third-order valence-electron chi connectivity index (χ3n) is 5.80. The van der Waals surface area contributed by atoms with E-state index in [-0.39, 0.29) is 36.0 Å². The Balaban J connectivity index is 1.84. The Morgan fingerprint density at radius 2 is 1.04 bits per heavy atom. The second kappa shape index (κ2) is 9.68. The maximum Gasteiger partial charge on any atom is 0.0333 e. The molecule has 2 nitrogen and oxygen atoms in total. The first kappa shape index (κ1) is 20.3. The molecule has 28 heavy (non-hydrogen) atoms. The zero-order valence-corrected chi connectivity index (χ0v) is 17.0. The molecule has 2 aromatic rings. The molecule has 0 amide bonds. The van der Waals surface area contributed by atoms with Crippen LogP contribution in [0.15, 0.2) is 98.1 Å². The van der Waals surface area contributed by atoms with Crippen LogP contribution in [0.5, 0.6) is 0 Å². The van der Waals surface area contributed by atoms with E-state index in [0.717, 1.165) is 0 Å². The first-order valence-electron chi connectivity index (χ1n) is 10.2. The summed E-state index contributed by atoms with van der Waals surface area (Å²) in [7, 11) is 0. The van der Waals surface area contributed by atoms with Crippen LogP contribution in [0.2, 0.25) is 0 Å². The second-order valence-electron chi connectivity index (χ2n) is 7.66. The topological polar surface area (TPSA) is 24.1 Å². The normalized spacial score (nSPS) is 26.4. The molecule has 0 heterocycles. The van der Waals surface area contributed by atoms with Gasteiger partial charge in [-0.05, 0) is 25.0 Å². The highest BCUT2D eigenvalue weighted by Gasteiger charge is 2.35. The van der Waals surface area contributed by atoms with Gasteiger partial charge in [0, 0.05) is 36.0 Å². The molecular weight excluding hydrogens is 340 g/mol. The lowest BCUT2D eigenvalue weighted by Crippen LogP contribution is -2.56. The Hall–Kier alpha value is -2.42. The minimum absolute atomic E-state index is 0.229. The molecule has 0 aliphatic heterocycles. The van der Waals surface area contributed by atoms with Gasteiger partial charge >= 0.3 is 0 Å². The zero-order chi connectivity index (χ0) is 19.9. The Morgan fingerprint density at radius 1 is 0.679 bits per heavy atom. The Kier molecular flexibility index (Phi) is 7.02. The fourth-order valence-electron chi connectivity index (χ4n) is 4.11. The summed E-state index contributed by atoms with van der Waals surface area (Å²) in [6.07, 6.45) is 8.63. The summed E-state index contributed by atoms with van der Waals surface area (Å²) in [5.41, 5.74) is 2.59. The number of hydrogen-bond acceptors (Lipinski definition) is 2. The minimum Gasteiger partial charge on any atom is -0.305 e. The first-order valence-corrected chi connectivity index (χ1v) is 10.2. The lowest BCUT2D eigenvalue weighted by molar-refractivity contribution is 0.256. The summed E-state index contributed by atoms with van der Waals surface area (Å²) in [5, 5.41) is 7.75. The SMILES string of the molecule is C=C[C@@H]1C=C[C@@H](C=C)[C@@H](N[C@@H](C)c2ccccc2)[C@@H]1N[C@@H](C)c1ccccc1. The van der Waals surface area contributed by atoms with Crippen molar-refractivity contribution in [2.75, 3.05) is 0 Å². The molecule has 0 unspecified atom stereocenters. The van der Waals surface area contributed by atoms with Crippen LogP contribution < -0.4 is 10.6 Å². The van der Waals surface area contributed by atoms with E-state index in [1.807, 2.05) is 12.2 Å². The van der Waals surface area contributed by atoms with Gasteiger partial charge in [-0.1, -0.05) is 85.0 Å². The highest BCUT2D eigenvalue weighted by Crippen LogP contribution is 2.29. The summed E-state index contributed by atoms with van der Waals surface area (Å²) < 4.78 is 0. The molecule has 2 aromatic carbocycles. The van der Waals surface area contributed by atoms with Crippen LogP contribution in [-0.4, -0.2) is 12.1 Å². The van der Waals surface area contributed by atoms with E-state index in [1.165, 1.54) is 11.1 Å². The second-order valence-corrected chi connectivity index (χ2v) is 7.66. The van der Waals surface area contributed by atoms with E-state index in [9.17, 15) is 0 Å². The maximum atomic E-state index is 4.09. The van der Waals surface area contributed by atoms with Crippen molar-refractivity contribution in [2.45, 2.75) is 38.0 Å². The molecule has 0 saturated heterocycles. The van der Waals surface area contributed by atoms with Crippen molar-refractivity contribution in [1.29, 1.82) is 0 Å². The molecule has 0 spiro atoms. The van der Waals surface area contributed by atoms with E-state index in [4.69, 9.17) is 0 Å². The molecule has 146 valence electrons. The zero-order valence-electron chi connectivity index (χ0n) is 17.0. The molecule has 2 N–H and O–H groups in total. The molecule has 0 aromatic heterocycles. The molecule has 0 bridgehead atoms. The predicted octanol–water partition coefficient (Wildman–Crippen LogP) is 5.60. The fourth-order valence-corrected chi connectivity index (χ4v) is 4.11. The average Bonchev–Trinajstić information content (AvgIpc) is 2.75. The Morgan fingerprint density at radius 3 is 1.36 bits per heavy atom. The van der Waals surface area contributed by atoms with Crippen LogP contribution in [0.3, 0.4) is 0 Å². The third-order valence-corrected chi connectivity index (χ3v) is 5.80. The summed E-state index contributed by atoms with van der Waals surface area (Å²) in [5.74, 6) is 0.533. The lowest BCUT2D eigenvalue weighted by atomic mass is 9.78. The monoisotopic (exact) mass is 372 g/mol. The van der Waals surface area contributed by atoms with Gasteiger partial charge in [0.2, 0.25) is 0 Å². The van der Waals surface area contributed by atoms with Gasteiger partial charge in [0.25, 0.3) is 0 Å². The number of hydrogen-bond donors (Lipinski definition) is 2. The van der Waals surface area contributed by atoms with Gasteiger partial charge in [0.1, 0.15) is 0 Å². The van der Waals surface area contributed by atoms with Gasteiger partial charge in [0.05, 0.1) is 0 Å². The molecule has 1 aliphatic rings. The van der Waals surface area contributed by atoms with E-state index in [0.29, 0.717) is 0 Å². The van der Waals surface area contributed by atoms with E-state index in [2.05, 4.69) is 110 Å². The van der Waals surface area contributed by atoms with Crippen molar-refractivity contribution in [3.63, 3.8) is 0 Å². The van der Waals surface area contributed by atoms with Gasteiger partial charge in [0.15, 0.2) is 0 Å². The summed E-state index contributed by atoms with van der Waals surface area (Å²) in [6, 6.07) is 22.2. The molecule has 0 saturated carbocycles. The summed E-state index contributed by atoms with van der Waals surface area (Å²) in [4.78, 5) is 0. The van der Waals surface area contributed by atoms with Gasteiger partial charge in [-0.3, -0.25) is 0 Å². The number of nitrogens with one attached hydrogen (secondary N) is 2. The Bertz CT molecular complexity index is 713. The van der Waals surface area contributed by atoms with Crippen molar-refractivity contribution in [3.8, 4) is 0 Å². The van der Waals surface area contributed by atoms with Crippen LogP contribution in [0.4, 0.5) is 0 Å². The van der Waals surface area contributed by atoms with Crippen molar-refractivity contribution in [2.24, 2.45) is 11.8 Å². The molecular formula is C26H32N2. The molecule has 1 aliphatic carbocycles. The third kappa shape index (κ3) is 4.70. The predicted molar refractivity (Wildman–Crippen MR) is 120 cm³/mol. The van der Waals surface area contributed by atoms with Crippen molar-refractivity contribution in [3.05, 3.63) is 109 Å². The van der Waals surface area contributed by atoms with Gasteiger partial charge < -0.3 is 10.6 Å². The van der Waals surface area contributed by atoms with Gasteiger partial charge in [-0.15, -0.1) is 13.2 Å². The lowest BCUT2D eigenvalue weighted by Gasteiger charge is -2.42. The smallest absolute Gasteiger partial charge is 0.0333 e. The van der Waals surface area contributed by atoms with E-state index < -0.39 is 0 Å². The highest BCUT2D eigenvalue weighted by atomic mass is 15.1. The molecule has 0 fully saturated rings. The fraction of sp³-hybridized carbons (Fsp3) is 0.308. The van der Waals surface area contributed by atoms with E-state index in [1.54, 1.807) is 0 Å². The van der Waals surface area contributed by atoms with Gasteiger partial charge in [-0.25, -0.2) is 0 Å². The van der Waals surface area contributed by atoms with Crippen molar-refractivity contribution >= 4 is 0 Å². The minimum atomic E-state index is 0.229. The van der Waals surface area contributed by atoms with E-state index >= 15 is 0 Å². The molecule has 0 radical (unpaired) electrons. The van der Waals surface area contributed by atoms with Crippen LogP contribution in [0.25, 0.3) is 0 Å². The molecule has 6 atom stereocenters. The standard InChI is InChI=1S/C26H32N2/c1-5-21-17-18-22(6-2)26(28-20(4)24-15-11-8-12-16-24)25(21)27-19(3)23-13-9-7-10-14-23/h5-22,25-28H,1-2H2,3-4H3/t19-,20-,21+,22+,25+,26+/m0/s1. The van der Waals surface area contributed by atoms with Crippen LogP contribution in [0.1, 0.15) is 37.1 Å². The van der Waals surface area contributed by atoms with Crippen molar-refractivity contribution < 1.29 is 0 Å². The summed E-state index contributed by atoms with van der Waals surface area (Å²) >= 11 is 0. The average molecular weight is 373 g/mol. The first-order chi connectivity index (χ1) is 13.6. The van der Waals surface area contributed by atoms with Gasteiger partial charge in [-0.2, -0.15) is 0 Å². The summed E-state index contributed by atoms with van der Waals surface area (Å²) in [6.45, 7) is 12.6. The molecule has 3 rings (SSSR count). The molecule has 2 heteroatoms. The Labute approximate surface area is 170 Å². The maximum absolute atomic E-state index is 4.09. The quantitative estimate of drug-likeness (QED) is 0.589. The van der Waals surface area contributed by atoms with Crippen LogP contribution in [0, 0.1) is 11.8 Å². The largest absolute Gasteiger partial charge is 0.305 e. The highest BCUT2D eigenvalue weighted by molar-refractivity contribution is 5.24. The number of benzene rings is 2.